The fourth-order valence-electron chi connectivity index (χ4n) is 2.70. The molecule has 1 atom stereocenters. The standard InChI is InChI=1S/C18H22N4O2S/c1-14-7-9-20-18(21-14)25-13-17(23)22-10-4-6-16(11-22)24-12-15-5-2-3-8-19-15/h2-3,5,7-9,16H,4,6,10-13H2,1H3. The lowest BCUT2D eigenvalue weighted by Gasteiger charge is -2.32. The molecule has 0 spiro atoms. The summed E-state index contributed by atoms with van der Waals surface area (Å²) >= 11 is 1.38. The van der Waals surface area contributed by atoms with Crippen molar-refractivity contribution in [2.45, 2.75) is 37.6 Å². The van der Waals surface area contributed by atoms with Gasteiger partial charge in [-0.25, -0.2) is 9.97 Å². The Morgan fingerprint density at radius 2 is 2.24 bits per heavy atom. The summed E-state index contributed by atoms with van der Waals surface area (Å²) < 4.78 is 5.94. The van der Waals surface area contributed by atoms with Crippen molar-refractivity contribution >= 4 is 17.7 Å². The van der Waals surface area contributed by atoms with Crippen LogP contribution in [0.5, 0.6) is 0 Å². The van der Waals surface area contributed by atoms with E-state index in [4.69, 9.17) is 4.74 Å². The molecule has 1 saturated heterocycles. The third-order valence-corrected chi connectivity index (χ3v) is 4.87. The van der Waals surface area contributed by atoms with Gasteiger partial charge < -0.3 is 9.64 Å². The van der Waals surface area contributed by atoms with E-state index in [9.17, 15) is 4.79 Å². The average molecular weight is 358 g/mol. The molecule has 6 nitrogen and oxygen atoms in total. The first kappa shape index (κ1) is 17.8. The topological polar surface area (TPSA) is 68.2 Å². The van der Waals surface area contributed by atoms with E-state index in [-0.39, 0.29) is 12.0 Å². The van der Waals surface area contributed by atoms with Gasteiger partial charge in [0.05, 0.1) is 24.2 Å². The van der Waals surface area contributed by atoms with E-state index in [0.29, 0.717) is 24.1 Å². The van der Waals surface area contributed by atoms with E-state index >= 15 is 0 Å². The molecule has 0 bridgehead atoms. The smallest absolute Gasteiger partial charge is 0.233 e. The number of carbonyl (C=O) groups excluding carboxylic acids is 1. The minimum absolute atomic E-state index is 0.0694. The number of thioether (sulfide) groups is 1. The fraction of sp³-hybridized carbons (Fsp3) is 0.444. The number of rotatable bonds is 6. The SMILES string of the molecule is Cc1ccnc(SCC(=O)N2CCCC(OCc3ccccn3)C2)n1. The first-order valence-electron chi connectivity index (χ1n) is 8.42. The zero-order valence-electron chi connectivity index (χ0n) is 14.3. The number of amides is 1. The Hall–Kier alpha value is -1.99. The summed E-state index contributed by atoms with van der Waals surface area (Å²) in [5.41, 5.74) is 1.82. The van der Waals surface area contributed by atoms with Crippen LogP contribution in [0.3, 0.4) is 0 Å². The Bertz CT molecular complexity index is 698. The second-order valence-corrected chi connectivity index (χ2v) is 6.95. The molecule has 1 amide bonds. The molecule has 0 saturated carbocycles. The number of piperidine rings is 1. The summed E-state index contributed by atoms with van der Waals surface area (Å²) in [6.45, 7) is 3.83. The van der Waals surface area contributed by atoms with Gasteiger partial charge in [0.1, 0.15) is 0 Å². The van der Waals surface area contributed by atoms with Gasteiger partial charge in [-0.15, -0.1) is 0 Å². The number of nitrogens with zero attached hydrogens (tertiary/aromatic N) is 4. The van der Waals surface area contributed by atoms with Crippen LogP contribution in [-0.4, -0.2) is 50.7 Å². The molecule has 2 aromatic heterocycles. The van der Waals surface area contributed by atoms with Gasteiger partial charge in [-0.2, -0.15) is 0 Å². The highest BCUT2D eigenvalue weighted by molar-refractivity contribution is 7.99. The third-order valence-electron chi connectivity index (χ3n) is 4.02. The van der Waals surface area contributed by atoms with Crippen LogP contribution in [0.4, 0.5) is 0 Å². The van der Waals surface area contributed by atoms with E-state index in [1.165, 1.54) is 11.8 Å². The molecule has 1 aliphatic rings. The Kier molecular flexibility index (Phi) is 6.36. The van der Waals surface area contributed by atoms with Crippen molar-refractivity contribution in [3.8, 4) is 0 Å². The number of pyridine rings is 1. The molecule has 2 aromatic rings. The van der Waals surface area contributed by atoms with Crippen molar-refractivity contribution in [2.75, 3.05) is 18.8 Å². The van der Waals surface area contributed by atoms with Crippen LogP contribution in [0.1, 0.15) is 24.2 Å². The van der Waals surface area contributed by atoms with Crippen LogP contribution in [0.2, 0.25) is 0 Å². The first-order chi connectivity index (χ1) is 12.2. The Morgan fingerprint density at radius 1 is 1.32 bits per heavy atom. The van der Waals surface area contributed by atoms with E-state index in [0.717, 1.165) is 30.8 Å². The number of hydrogen-bond acceptors (Lipinski definition) is 6. The van der Waals surface area contributed by atoms with Crippen molar-refractivity contribution in [1.82, 2.24) is 19.9 Å². The summed E-state index contributed by atoms with van der Waals surface area (Å²) in [5, 5.41) is 0.647. The second-order valence-electron chi connectivity index (χ2n) is 6.01. The molecule has 0 N–H and O–H groups in total. The van der Waals surface area contributed by atoms with Crippen LogP contribution in [0, 0.1) is 6.92 Å². The van der Waals surface area contributed by atoms with Crippen LogP contribution in [0.25, 0.3) is 0 Å². The van der Waals surface area contributed by atoms with E-state index in [2.05, 4.69) is 15.0 Å². The van der Waals surface area contributed by atoms with Gasteiger partial charge in [0.2, 0.25) is 5.91 Å². The molecule has 0 aliphatic carbocycles. The van der Waals surface area contributed by atoms with Crippen LogP contribution in [0.15, 0.2) is 41.8 Å². The molecule has 3 rings (SSSR count). The lowest BCUT2D eigenvalue weighted by atomic mass is 10.1. The molecular formula is C18H22N4O2S. The minimum Gasteiger partial charge on any atom is -0.370 e. The predicted molar refractivity (Wildman–Crippen MR) is 96.1 cm³/mol. The number of aromatic nitrogens is 3. The normalized spacial score (nSPS) is 17.5. The van der Waals surface area contributed by atoms with Gasteiger partial charge in [-0.1, -0.05) is 17.8 Å². The van der Waals surface area contributed by atoms with E-state index in [1.54, 1.807) is 12.4 Å². The fourth-order valence-corrected chi connectivity index (χ4v) is 3.48. The maximum absolute atomic E-state index is 12.5. The molecule has 0 aromatic carbocycles. The molecule has 1 fully saturated rings. The lowest BCUT2D eigenvalue weighted by molar-refractivity contribution is -0.132. The highest BCUT2D eigenvalue weighted by atomic mass is 32.2. The number of aryl methyl sites for hydroxylation is 1. The molecule has 132 valence electrons. The Morgan fingerprint density at radius 3 is 3.04 bits per heavy atom. The lowest BCUT2D eigenvalue weighted by Crippen LogP contribution is -2.44. The summed E-state index contributed by atoms with van der Waals surface area (Å²) in [4.78, 5) is 27.1. The molecular weight excluding hydrogens is 336 g/mol. The van der Waals surface area contributed by atoms with Crippen LogP contribution in [-0.2, 0) is 16.1 Å². The highest BCUT2D eigenvalue weighted by Crippen LogP contribution is 2.18. The summed E-state index contributed by atoms with van der Waals surface area (Å²) in [6.07, 6.45) is 5.49. The van der Waals surface area contributed by atoms with Crippen molar-refractivity contribution in [3.05, 3.63) is 48.0 Å². The van der Waals surface area contributed by atoms with E-state index < -0.39 is 0 Å². The largest absolute Gasteiger partial charge is 0.370 e. The molecule has 0 radical (unpaired) electrons. The van der Waals surface area contributed by atoms with Gasteiger partial charge in [0, 0.05) is 31.2 Å². The molecule has 1 unspecified atom stereocenters. The highest BCUT2D eigenvalue weighted by Gasteiger charge is 2.24. The number of ether oxygens (including phenoxy) is 1. The second kappa shape index (κ2) is 8.92. The van der Waals surface area contributed by atoms with Crippen LogP contribution < -0.4 is 0 Å². The van der Waals surface area contributed by atoms with Crippen molar-refractivity contribution in [2.24, 2.45) is 0 Å². The van der Waals surface area contributed by atoms with Crippen molar-refractivity contribution in [1.29, 1.82) is 0 Å². The van der Waals surface area contributed by atoms with Gasteiger partial charge in [0.15, 0.2) is 5.16 Å². The number of hydrogen-bond donors (Lipinski definition) is 0. The number of carbonyl (C=O) groups is 1. The van der Waals surface area contributed by atoms with Crippen LogP contribution >= 0.6 is 11.8 Å². The third kappa shape index (κ3) is 5.51. The maximum Gasteiger partial charge on any atom is 0.233 e. The number of likely N-dealkylation sites (tertiary alicyclic amines) is 1. The van der Waals surface area contributed by atoms with Gasteiger partial charge >= 0.3 is 0 Å². The molecule has 1 aliphatic heterocycles. The summed E-state index contributed by atoms with van der Waals surface area (Å²) in [6, 6.07) is 7.64. The van der Waals surface area contributed by atoms with Crippen molar-refractivity contribution in [3.63, 3.8) is 0 Å². The minimum atomic E-state index is 0.0694. The zero-order valence-corrected chi connectivity index (χ0v) is 15.1. The molecule has 25 heavy (non-hydrogen) atoms. The van der Waals surface area contributed by atoms with Gasteiger partial charge in [-0.3, -0.25) is 9.78 Å². The van der Waals surface area contributed by atoms with Crippen molar-refractivity contribution < 1.29 is 9.53 Å². The zero-order chi connectivity index (χ0) is 17.5. The first-order valence-corrected chi connectivity index (χ1v) is 9.41. The van der Waals surface area contributed by atoms with Gasteiger partial charge in [-0.05, 0) is 38.0 Å². The quantitative estimate of drug-likeness (QED) is 0.584. The Labute approximate surface area is 152 Å². The summed E-state index contributed by atoms with van der Waals surface area (Å²) in [7, 11) is 0. The summed E-state index contributed by atoms with van der Waals surface area (Å²) in [5.74, 6) is 0.470. The van der Waals surface area contributed by atoms with E-state index in [1.807, 2.05) is 36.1 Å². The molecule has 7 heteroatoms. The Balaban J connectivity index is 1.46. The predicted octanol–water partition coefficient (Wildman–Crippen LogP) is 2.48. The maximum atomic E-state index is 12.5. The van der Waals surface area contributed by atoms with Gasteiger partial charge in [0.25, 0.3) is 0 Å². The average Bonchev–Trinajstić information content (AvgIpc) is 2.65. The molecule has 3 heterocycles. The monoisotopic (exact) mass is 358 g/mol.